The minimum atomic E-state index is -0.426. The maximum atomic E-state index is 12.3. The summed E-state index contributed by atoms with van der Waals surface area (Å²) in [5, 5.41) is 5.05. The maximum absolute atomic E-state index is 12.3. The lowest BCUT2D eigenvalue weighted by Gasteiger charge is -2.28. The zero-order valence-corrected chi connectivity index (χ0v) is 15.8. The SMILES string of the molecule is Cc1ncccc1-c1csc(NC(=O)/C(N)=C/C=C(\N)N2CCOCC2)n1. The topological polar surface area (TPSA) is 119 Å². The van der Waals surface area contributed by atoms with E-state index in [9.17, 15) is 4.79 Å². The normalized spacial score (nSPS) is 15.7. The second-order valence-corrected chi connectivity index (χ2v) is 6.80. The number of carbonyl (C=O) groups excluding carboxylic acids is 1. The van der Waals surface area contributed by atoms with Crippen LogP contribution < -0.4 is 16.8 Å². The Morgan fingerprint density at radius 2 is 2.11 bits per heavy atom. The van der Waals surface area contributed by atoms with Crippen molar-refractivity contribution in [3.63, 3.8) is 0 Å². The number of allylic oxidation sites excluding steroid dienone is 2. The lowest BCUT2D eigenvalue weighted by molar-refractivity contribution is -0.112. The van der Waals surface area contributed by atoms with Crippen molar-refractivity contribution in [3.05, 3.63) is 53.1 Å². The predicted octanol–water partition coefficient (Wildman–Crippen LogP) is 1.43. The number of nitrogens with zero attached hydrogens (tertiary/aromatic N) is 3. The lowest BCUT2D eigenvalue weighted by atomic mass is 10.1. The van der Waals surface area contributed by atoms with Crippen LogP contribution in [0.4, 0.5) is 5.13 Å². The highest BCUT2D eigenvalue weighted by molar-refractivity contribution is 7.14. The number of rotatable bonds is 5. The highest BCUT2D eigenvalue weighted by Gasteiger charge is 2.13. The lowest BCUT2D eigenvalue weighted by Crippen LogP contribution is -2.38. The molecule has 1 saturated heterocycles. The number of hydrogen-bond donors (Lipinski definition) is 3. The Morgan fingerprint density at radius 3 is 2.85 bits per heavy atom. The molecule has 2 aromatic heterocycles. The number of pyridine rings is 1. The van der Waals surface area contributed by atoms with Crippen LogP contribution in [-0.4, -0.2) is 47.1 Å². The van der Waals surface area contributed by atoms with Crippen LogP contribution in [-0.2, 0) is 9.53 Å². The number of carbonyl (C=O) groups is 1. The minimum absolute atomic E-state index is 0.0560. The Hall–Kier alpha value is -2.91. The number of amides is 1. The van der Waals surface area contributed by atoms with Gasteiger partial charge in [-0.2, -0.15) is 0 Å². The number of nitrogens with one attached hydrogen (secondary N) is 1. The molecule has 2 aromatic rings. The van der Waals surface area contributed by atoms with Crippen molar-refractivity contribution < 1.29 is 9.53 Å². The van der Waals surface area contributed by atoms with E-state index >= 15 is 0 Å². The van der Waals surface area contributed by atoms with Gasteiger partial charge < -0.3 is 21.1 Å². The zero-order valence-electron chi connectivity index (χ0n) is 15.0. The summed E-state index contributed by atoms with van der Waals surface area (Å²) in [6.07, 6.45) is 4.86. The molecule has 142 valence electrons. The van der Waals surface area contributed by atoms with E-state index in [1.54, 1.807) is 12.3 Å². The average molecular weight is 386 g/mol. The molecule has 3 heterocycles. The van der Waals surface area contributed by atoms with Gasteiger partial charge in [0.15, 0.2) is 5.13 Å². The molecule has 0 aromatic carbocycles. The van der Waals surface area contributed by atoms with Gasteiger partial charge in [-0.1, -0.05) is 0 Å². The molecular formula is C18H22N6O2S. The first-order valence-corrected chi connectivity index (χ1v) is 9.37. The van der Waals surface area contributed by atoms with Crippen LogP contribution >= 0.6 is 11.3 Å². The van der Waals surface area contributed by atoms with Crippen LogP contribution in [0.25, 0.3) is 11.3 Å². The molecule has 1 aliphatic rings. The minimum Gasteiger partial charge on any atom is -0.394 e. The Bertz CT molecular complexity index is 870. The Kier molecular flexibility index (Phi) is 6.05. The van der Waals surface area contributed by atoms with Gasteiger partial charge in [0.05, 0.1) is 30.4 Å². The second-order valence-electron chi connectivity index (χ2n) is 5.94. The molecule has 1 amide bonds. The van der Waals surface area contributed by atoms with Crippen molar-refractivity contribution >= 4 is 22.4 Å². The Balaban J connectivity index is 1.64. The molecule has 0 spiro atoms. The Morgan fingerprint density at radius 1 is 1.33 bits per heavy atom. The predicted molar refractivity (Wildman–Crippen MR) is 106 cm³/mol. The first-order valence-electron chi connectivity index (χ1n) is 8.49. The van der Waals surface area contributed by atoms with Gasteiger partial charge in [0.2, 0.25) is 0 Å². The number of aromatic nitrogens is 2. The molecule has 0 bridgehead atoms. The molecule has 27 heavy (non-hydrogen) atoms. The standard InChI is InChI=1S/C18H22N6O2S/c1-12-13(3-2-6-21-12)15-11-27-18(22-15)23-17(25)14(19)4-5-16(20)24-7-9-26-10-8-24/h2-6,11H,7-10,19-20H2,1H3,(H,22,23,25)/b14-4-,16-5+. The highest BCUT2D eigenvalue weighted by atomic mass is 32.1. The monoisotopic (exact) mass is 386 g/mol. The Labute approximate surface area is 161 Å². The summed E-state index contributed by atoms with van der Waals surface area (Å²) >= 11 is 1.33. The van der Waals surface area contributed by atoms with Crippen molar-refractivity contribution in [3.8, 4) is 11.3 Å². The number of ether oxygens (including phenoxy) is 1. The van der Waals surface area contributed by atoms with E-state index in [-0.39, 0.29) is 5.70 Å². The third-order valence-corrected chi connectivity index (χ3v) is 4.84. The summed E-state index contributed by atoms with van der Waals surface area (Å²) in [6.45, 7) is 4.63. The summed E-state index contributed by atoms with van der Waals surface area (Å²) in [6, 6.07) is 3.79. The van der Waals surface area contributed by atoms with Gasteiger partial charge in [0.1, 0.15) is 0 Å². The fourth-order valence-corrected chi connectivity index (χ4v) is 3.26. The van der Waals surface area contributed by atoms with Crippen molar-refractivity contribution in [2.45, 2.75) is 6.92 Å². The molecule has 0 unspecified atom stereocenters. The average Bonchev–Trinajstić information content (AvgIpc) is 3.15. The largest absolute Gasteiger partial charge is 0.394 e. The quantitative estimate of drug-likeness (QED) is 0.525. The maximum Gasteiger partial charge on any atom is 0.273 e. The summed E-state index contributed by atoms with van der Waals surface area (Å²) < 4.78 is 5.28. The molecular weight excluding hydrogens is 364 g/mol. The molecule has 1 aliphatic heterocycles. The zero-order chi connectivity index (χ0) is 19.2. The van der Waals surface area contributed by atoms with Crippen LogP contribution in [0.2, 0.25) is 0 Å². The molecule has 5 N–H and O–H groups in total. The molecule has 8 nitrogen and oxygen atoms in total. The molecule has 9 heteroatoms. The van der Waals surface area contributed by atoms with Gasteiger partial charge in [-0.05, 0) is 31.2 Å². The van der Waals surface area contributed by atoms with E-state index in [4.69, 9.17) is 16.2 Å². The number of aryl methyl sites for hydroxylation is 1. The summed E-state index contributed by atoms with van der Waals surface area (Å²) in [5.74, 6) is 0.127. The van der Waals surface area contributed by atoms with Gasteiger partial charge in [0.25, 0.3) is 5.91 Å². The van der Waals surface area contributed by atoms with Gasteiger partial charge in [0, 0.05) is 35.9 Å². The van der Waals surface area contributed by atoms with E-state index in [2.05, 4.69) is 15.3 Å². The second kappa shape index (κ2) is 8.65. The third-order valence-electron chi connectivity index (χ3n) is 4.08. The van der Waals surface area contributed by atoms with E-state index < -0.39 is 5.91 Å². The van der Waals surface area contributed by atoms with Crippen molar-refractivity contribution in [2.75, 3.05) is 31.6 Å². The van der Waals surface area contributed by atoms with E-state index in [0.29, 0.717) is 24.2 Å². The van der Waals surface area contributed by atoms with Gasteiger partial charge >= 0.3 is 0 Å². The van der Waals surface area contributed by atoms with Crippen LogP contribution in [0.15, 0.2) is 47.4 Å². The summed E-state index contributed by atoms with van der Waals surface area (Å²) in [5.41, 5.74) is 14.5. The van der Waals surface area contributed by atoms with Crippen molar-refractivity contribution in [1.82, 2.24) is 14.9 Å². The number of thiazole rings is 1. The van der Waals surface area contributed by atoms with Gasteiger partial charge in [-0.25, -0.2) is 4.98 Å². The molecule has 0 radical (unpaired) electrons. The summed E-state index contributed by atoms with van der Waals surface area (Å²) in [7, 11) is 0. The van der Waals surface area contributed by atoms with Crippen molar-refractivity contribution in [2.24, 2.45) is 11.5 Å². The molecule has 0 atom stereocenters. The molecule has 1 fully saturated rings. The van der Waals surface area contributed by atoms with Crippen LogP contribution in [0.3, 0.4) is 0 Å². The highest BCUT2D eigenvalue weighted by Crippen LogP contribution is 2.26. The smallest absolute Gasteiger partial charge is 0.273 e. The van der Waals surface area contributed by atoms with Crippen LogP contribution in [0.1, 0.15) is 5.69 Å². The molecule has 3 rings (SSSR count). The first kappa shape index (κ1) is 18.9. The van der Waals surface area contributed by atoms with E-state index in [0.717, 1.165) is 30.0 Å². The molecule has 0 aliphatic carbocycles. The number of morpholine rings is 1. The van der Waals surface area contributed by atoms with E-state index in [1.165, 1.54) is 17.4 Å². The van der Waals surface area contributed by atoms with E-state index in [1.807, 2.05) is 29.3 Å². The van der Waals surface area contributed by atoms with Crippen molar-refractivity contribution in [1.29, 1.82) is 0 Å². The van der Waals surface area contributed by atoms with Gasteiger partial charge in [-0.15, -0.1) is 11.3 Å². The van der Waals surface area contributed by atoms with Gasteiger partial charge in [-0.3, -0.25) is 15.1 Å². The molecule has 0 saturated carbocycles. The first-order chi connectivity index (χ1) is 13.0. The van der Waals surface area contributed by atoms with Crippen LogP contribution in [0.5, 0.6) is 0 Å². The third kappa shape index (κ3) is 4.83. The fraction of sp³-hybridized carbons (Fsp3) is 0.278. The number of anilines is 1. The number of hydrogen-bond acceptors (Lipinski definition) is 8. The summed E-state index contributed by atoms with van der Waals surface area (Å²) in [4.78, 5) is 22.9. The number of nitrogens with two attached hydrogens (primary N) is 2. The van der Waals surface area contributed by atoms with Crippen LogP contribution in [0, 0.1) is 6.92 Å². The fourth-order valence-electron chi connectivity index (χ4n) is 2.56.